The highest BCUT2D eigenvalue weighted by Gasteiger charge is 2.21. The van der Waals surface area contributed by atoms with Crippen LogP contribution in [0.25, 0.3) is 0 Å². The Morgan fingerprint density at radius 1 is 1.03 bits per heavy atom. The molecule has 2 aliphatic rings. The molecule has 0 bridgehead atoms. The first kappa shape index (κ1) is 28.1. The summed E-state index contributed by atoms with van der Waals surface area (Å²) < 4.78 is 5.93. The fraction of sp³-hybridized carbons (Fsp3) is 0.720. The molecule has 0 radical (unpaired) electrons. The fourth-order valence-corrected chi connectivity index (χ4v) is 4.55. The molecule has 0 aromatic heterocycles. The maximum atomic E-state index is 5.93. The Morgan fingerprint density at radius 3 is 2.48 bits per heavy atom. The first-order valence-electron chi connectivity index (χ1n) is 12.4. The van der Waals surface area contributed by atoms with Crippen molar-refractivity contribution >= 4 is 35.6 Å². The van der Waals surface area contributed by atoms with Crippen molar-refractivity contribution in [3.63, 3.8) is 0 Å². The summed E-state index contributed by atoms with van der Waals surface area (Å²) in [6.07, 6.45) is 2.60. The van der Waals surface area contributed by atoms with Gasteiger partial charge >= 0.3 is 0 Å². The number of rotatable bonds is 10. The molecule has 1 aromatic carbocycles. The molecule has 0 amide bonds. The number of para-hydroxylation sites is 1. The number of aliphatic imine (C=N–C) groups is 1. The number of nitrogens with one attached hydrogen (secondary N) is 2. The number of nitrogens with zero attached hydrogens (tertiary/aromatic N) is 4. The van der Waals surface area contributed by atoms with E-state index < -0.39 is 0 Å². The molecule has 8 heteroatoms. The third-order valence-corrected chi connectivity index (χ3v) is 6.25. The fourth-order valence-electron chi connectivity index (χ4n) is 4.55. The van der Waals surface area contributed by atoms with Gasteiger partial charge in [0.05, 0.1) is 12.7 Å². The van der Waals surface area contributed by atoms with Crippen LogP contribution in [0.4, 0.5) is 5.69 Å². The van der Waals surface area contributed by atoms with Crippen molar-refractivity contribution in [2.75, 3.05) is 84.0 Å². The van der Waals surface area contributed by atoms with E-state index >= 15 is 0 Å². The smallest absolute Gasteiger partial charge is 0.191 e. The molecule has 7 nitrogen and oxygen atoms in total. The van der Waals surface area contributed by atoms with Crippen molar-refractivity contribution in [1.82, 2.24) is 20.4 Å². The number of benzene rings is 1. The van der Waals surface area contributed by atoms with Crippen molar-refractivity contribution in [2.45, 2.75) is 32.8 Å². The lowest BCUT2D eigenvalue weighted by Crippen LogP contribution is -2.50. The van der Waals surface area contributed by atoms with Gasteiger partial charge in [0.15, 0.2) is 5.96 Å². The van der Waals surface area contributed by atoms with Crippen molar-refractivity contribution in [3.05, 3.63) is 30.3 Å². The summed E-state index contributed by atoms with van der Waals surface area (Å²) in [7, 11) is 1.84. The Bertz CT molecular complexity index is 666. The zero-order chi connectivity index (χ0) is 22.6. The van der Waals surface area contributed by atoms with E-state index in [0.29, 0.717) is 5.92 Å². The second-order valence-corrected chi connectivity index (χ2v) is 9.40. The van der Waals surface area contributed by atoms with Gasteiger partial charge in [0.1, 0.15) is 0 Å². The summed E-state index contributed by atoms with van der Waals surface area (Å²) in [4.78, 5) is 12.0. The molecule has 2 N–H and O–H groups in total. The van der Waals surface area contributed by atoms with Gasteiger partial charge in [0.25, 0.3) is 0 Å². The first-order chi connectivity index (χ1) is 15.6. The minimum absolute atomic E-state index is 0. The highest BCUT2D eigenvalue weighted by molar-refractivity contribution is 14.0. The van der Waals surface area contributed by atoms with Crippen molar-refractivity contribution in [3.8, 4) is 0 Å². The highest BCUT2D eigenvalue weighted by atomic mass is 127. The average Bonchev–Trinajstić information content (AvgIpc) is 2.81. The summed E-state index contributed by atoms with van der Waals surface area (Å²) in [5, 5.41) is 6.91. The maximum Gasteiger partial charge on any atom is 0.191 e. The monoisotopic (exact) mass is 572 g/mol. The van der Waals surface area contributed by atoms with E-state index in [1.54, 1.807) is 0 Å². The molecule has 1 atom stereocenters. The Hall–Kier alpha value is -1.10. The zero-order valence-corrected chi connectivity index (χ0v) is 23.2. The van der Waals surface area contributed by atoms with Crippen molar-refractivity contribution in [2.24, 2.45) is 10.9 Å². The van der Waals surface area contributed by atoms with Crippen LogP contribution < -0.4 is 15.5 Å². The summed E-state index contributed by atoms with van der Waals surface area (Å²) >= 11 is 0. The van der Waals surface area contributed by atoms with Gasteiger partial charge in [0, 0.05) is 71.6 Å². The molecule has 0 saturated carbocycles. The van der Waals surface area contributed by atoms with E-state index in [2.05, 4.69) is 74.5 Å². The molecular weight excluding hydrogens is 527 g/mol. The second-order valence-electron chi connectivity index (χ2n) is 9.40. The summed E-state index contributed by atoms with van der Waals surface area (Å²) in [5.41, 5.74) is 1.35. The molecule has 0 spiro atoms. The van der Waals surface area contributed by atoms with Crippen LogP contribution in [0.15, 0.2) is 35.3 Å². The Kier molecular flexibility index (Phi) is 13.4. The van der Waals surface area contributed by atoms with Crippen LogP contribution in [-0.4, -0.2) is 101 Å². The van der Waals surface area contributed by atoms with Gasteiger partial charge in [-0.2, -0.15) is 0 Å². The van der Waals surface area contributed by atoms with Crippen LogP contribution in [0.1, 0.15) is 26.7 Å². The van der Waals surface area contributed by atoms with Gasteiger partial charge in [-0.3, -0.25) is 14.8 Å². The topological polar surface area (TPSA) is 55.4 Å². The molecule has 2 heterocycles. The standard InChI is InChI=1S/C25H44N6O.HI/c1-22(2)20-30-17-18-32-24(21-30)19-28-25(26-3)27-11-7-8-12-29-13-15-31(16-14-29)23-9-5-4-6-10-23;/h4-6,9-10,22,24H,7-8,11-21H2,1-3H3,(H2,26,27,28);1H. The van der Waals surface area contributed by atoms with E-state index in [-0.39, 0.29) is 30.1 Å². The largest absolute Gasteiger partial charge is 0.374 e. The predicted octanol–water partition coefficient (Wildman–Crippen LogP) is 2.73. The highest BCUT2D eigenvalue weighted by Crippen LogP contribution is 2.15. The lowest BCUT2D eigenvalue weighted by molar-refractivity contribution is -0.0284. The molecule has 0 aliphatic carbocycles. The molecular formula is C25H45IN6O. The zero-order valence-electron chi connectivity index (χ0n) is 20.8. The normalized spacial score (nSPS) is 20.5. The Labute approximate surface area is 218 Å². The maximum absolute atomic E-state index is 5.93. The van der Waals surface area contributed by atoms with Gasteiger partial charge in [-0.05, 0) is 37.4 Å². The molecule has 3 rings (SSSR count). The summed E-state index contributed by atoms with van der Waals surface area (Å²) in [5.74, 6) is 1.58. The second kappa shape index (κ2) is 15.7. The van der Waals surface area contributed by atoms with Gasteiger partial charge in [-0.15, -0.1) is 24.0 Å². The van der Waals surface area contributed by atoms with Crippen LogP contribution >= 0.6 is 24.0 Å². The Balaban J connectivity index is 0.00000385. The van der Waals surface area contributed by atoms with E-state index in [1.165, 1.54) is 18.7 Å². The quantitative estimate of drug-likeness (QED) is 0.195. The van der Waals surface area contributed by atoms with Gasteiger partial charge < -0.3 is 20.3 Å². The van der Waals surface area contributed by atoms with Crippen LogP contribution in [0.5, 0.6) is 0 Å². The molecule has 188 valence electrons. The third-order valence-electron chi connectivity index (χ3n) is 6.25. The van der Waals surface area contributed by atoms with E-state index in [9.17, 15) is 0 Å². The van der Waals surface area contributed by atoms with Crippen molar-refractivity contribution < 1.29 is 4.74 Å². The third kappa shape index (κ3) is 10.4. The van der Waals surface area contributed by atoms with Crippen LogP contribution in [0.3, 0.4) is 0 Å². The number of halogens is 1. The summed E-state index contributed by atoms with van der Waals surface area (Å²) in [6.45, 7) is 16.1. The number of ether oxygens (including phenoxy) is 1. The van der Waals surface area contributed by atoms with E-state index in [1.807, 2.05) is 7.05 Å². The minimum atomic E-state index is 0. The molecule has 1 aromatic rings. The van der Waals surface area contributed by atoms with Crippen molar-refractivity contribution in [1.29, 1.82) is 0 Å². The number of morpholine rings is 1. The van der Waals surface area contributed by atoms with Crippen LogP contribution in [-0.2, 0) is 4.74 Å². The molecule has 1 unspecified atom stereocenters. The SMILES string of the molecule is CN=C(NCCCCN1CCN(c2ccccc2)CC1)NCC1CN(CC(C)C)CCO1.I. The van der Waals surface area contributed by atoms with Gasteiger partial charge in [-0.25, -0.2) is 0 Å². The molecule has 33 heavy (non-hydrogen) atoms. The van der Waals surface area contributed by atoms with Crippen LogP contribution in [0.2, 0.25) is 0 Å². The molecule has 2 aliphatic heterocycles. The predicted molar refractivity (Wildman–Crippen MR) is 150 cm³/mol. The van der Waals surface area contributed by atoms with Gasteiger partial charge in [-0.1, -0.05) is 32.0 Å². The summed E-state index contributed by atoms with van der Waals surface area (Å²) in [6, 6.07) is 10.8. The number of hydrogen-bond acceptors (Lipinski definition) is 5. The van der Waals surface area contributed by atoms with E-state index in [0.717, 1.165) is 77.9 Å². The average molecular weight is 573 g/mol. The molecule has 2 saturated heterocycles. The molecule has 2 fully saturated rings. The number of hydrogen-bond donors (Lipinski definition) is 2. The Morgan fingerprint density at radius 2 is 1.79 bits per heavy atom. The minimum Gasteiger partial charge on any atom is -0.374 e. The number of anilines is 1. The van der Waals surface area contributed by atoms with Gasteiger partial charge in [0.2, 0.25) is 0 Å². The lowest BCUT2D eigenvalue weighted by atomic mass is 10.2. The van der Waals surface area contributed by atoms with Crippen LogP contribution in [0, 0.1) is 5.92 Å². The number of piperazine rings is 1. The first-order valence-corrected chi connectivity index (χ1v) is 12.4. The lowest BCUT2D eigenvalue weighted by Gasteiger charge is -2.36. The number of unbranched alkanes of at least 4 members (excludes halogenated alkanes) is 1. The number of guanidine groups is 1. The van der Waals surface area contributed by atoms with E-state index in [4.69, 9.17) is 4.74 Å².